The molecule has 14 heavy (non-hydrogen) atoms. The van der Waals surface area contributed by atoms with Crippen LogP contribution in [0, 0.1) is 0 Å². The van der Waals surface area contributed by atoms with Crippen molar-refractivity contribution >= 4 is 11.9 Å². The molecule has 5 heteroatoms. The Labute approximate surface area is 84.2 Å². The van der Waals surface area contributed by atoms with Crippen LogP contribution < -0.4 is 5.73 Å². The normalized spacial score (nSPS) is 12.6. The summed E-state index contributed by atoms with van der Waals surface area (Å²) in [5.41, 5.74) is 5.21. The number of carbonyl (C=O) groups excluding carboxylic acids is 2. The van der Waals surface area contributed by atoms with Crippen LogP contribution in [0.2, 0.25) is 0 Å². The number of esters is 1. The molecule has 0 aromatic carbocycles. The molecule has 0 aromatic rings. The van der Waals surface area contributed by atoms with E-state index in [0.29, 0.717) is 13.0 Å². The molecule has 0 heterocycles. The highest BCUT2D eigenvalue weighted by atomic mass is 16.5. The quantitative estimate of drug-likeness (QED) is 0.602. The molecule has 0 spiro atoms. The molecule has 0 fully saturated rings. The number of ether oxygens (including phenoxy) is 1. The summed E-state index contributed by atoms with van der Waals surface area (Å²) in [6.45, 7) is 4.43. The molecule has 1 unspecified atom stereocenters. The number of likely N-dealkylation sites (N-methyl/N-ethyl adjacent to an activating group) is 1. The van der Waals surface area contributed by atoms with E-state index in [1.54, 1.807) is 4.90 Å². The molecule has 5 nitrogen and oxygen atoms in total. The van der Waals surface area contributed by atoms with Crippen molar-refractivity contribution in [2.24, 2.45) is 5.73 Å². The summed E-state index contributed by atoms with van der Waals surface area (Å²) in [5, 5.41) is 0. The first-order chi connectivity index (χ1) is 6.56. The Hall–Kier alpha value is -1.10. The van der Waals surface area contributed by atoms with Gasteiger partial charge in [-0.3, -0.25) is 14.5 Å². The Morgan fingerprint density at radius 1 is 1.43 bits per heavy atom. The van der Waals surface area contributed by atoms with E-state index in [4.69, 9.17) is 5.73 Å². The molecule has 0 aliphatic rings. The lowest BCUT2D eigenvalue weighted by Gasteiger charge is -2.25. The average Bonchev–Trinajstić information content (AvgIpc) is 2.16. The summed E-state index contributed by atoms with van der Waals surface area (Å²) < 4.78 is 4.52. The van der Waals surface area contributed by atoms with E-state index in [1.165, 1.54) is 7.11 Å². The fourth-order valence-electron chi connectivity index (χ4n) is 1.31. The topological polar surface area (TPSA) is 72.6 Å². The van der Waals surface area contributed by atoms with Gasteiger partial charge in [-0.15, -0.1) is 0 Å². The van der Waals surface area contributed by atoms with Gasteiger partial charge in [-0.25, -0.2) is 0 Å². The molecule has 0 saturated carbocycles. The van der Waals surface area contributed by atoms with Crippen LogP contribution in [0.25, 0.3) is 0 Å². The summed E-state index contributed by atoms with van der Waals surface area (Å²) in [5.74, 6) is -0.759. The fourth-order valence-corrected chi connectivity index (χ4v) is 1.31. The fraction of sp³-hybridized carbons (Fsp3) is 0.778. The van der Waals surface area contributed by atoms with Crippen LogP contribution in [0.3, 0.4) is 0 Å². The van der Waals surface area contributed by atoms with E-state index >= 15 is 0 Å². The Kier molecular flexibility index (Phi) is 5.87. The minimum atomic E-state index is -0.404. The first-order valence-electron chi connectivity index (χ1n) is 4.66. The van der Waals surface area contributed by atoms with E-state index in [-0.39, 0.29) is 18.6 Å². The van der Waals surface area contributed by atoms with E-state index in [2.05, 4.69) is 4.74 Å². The van der Waals surface area contributed by atoms with Gasteiger partial charge in [0.05, 0.1) is 19.7 Å². The van der Waals surface area contributed by atoms with Crippen LogP contribution >= 0.6 is 0 Å². The van der Waals surface area contributed by atoms with Crippen molar-refractivity contribution in [3.63, 3.8) is 0 Å². The average molecular weight is 202 g/mol. The third-order valence-corrected chi connectivity index (χ3v) is 2.12. The van der Waals surface area contributed by atoms with E-state index in [9.17, 15) is 9.59 Å². The monoisotopic (exact) mass is 202 g/mol. The second kappa shape index (κ2) is 6.37. The molecule has 0 saturated heterocycles. The predicted octanol–water partition coefficient (Wildman–Crippen LogP) is -0.255. The maximum atomic E-state index is 11.0. The number of nitrogens with zero attached hydrogens (tertiary/aromatic N) is 1. The molecule has 0 rings (SSSR count). The van der Waals surface area contributed by atoms with Gasteiger partial charge in [0.15, 0.2) is 0 Å². The Morgan fingerprint density at radius 3 is 2.29 bits per heavy atom. The lowest BCUT2D eigenvalue weighted by Crippen LogP contribution is -2.46. The van der Waals surface area contributed by atoms with Crippen molar-refractivity contribution in [3.8, 4) is 0 Å². The second-order valence-electron chi connectivity index (χ2n) is 2.97. The zero-order chi connectivity index (χ0) is 11.1. The van der Waals surface area contributed by atoms with Crippen LogP contribution in [-0.4, -0.2) is 43.0 Å². The summed E-state index contributed by atoms with van der Waals surface area (Å²) in [7, 11) is 1.32. The Morgan fingerprint density at radius 2 is 2.00 bits per heavy atom. The number of amides is 1. The van der Waals surface area contributed by atoms with Crippen LogP contribution in [0.15, 0.2) is 0 Å². The van der Waals surface area contributed by atoms with Gasteiger partial charge in [0.1, 0.15) is 0 Å². The molecule has 1 atom stereocenters. The predicted molar refractivity (Wildman–Crippen MR) is 52.5 cm³/mol. The van der Waals surface area contributed by atoms with Gasteiger partial charge in [-0.05, 0) is 13.0 Å². The number of carbonyl (C=O) groups is 2. The van der Waals surface area contributed by atoms with E-state index in [1.807, 2.05) is 13.8 Å². The minimum absolute atomic E-state index is 0.106. The largest absolute Gasteiger partial charge is 0.468 e. The third-order valence-electron chi connectivity index (χ3n) is 2.12. The molecule has 0 aromatic heterocycles. The number of rotatable bonds is 6. The number of hydrogen-bond acceptors (Lipinski definition) is 4. The smallest absolute Gasteiger partial charge is 0.319 e. The first kappa shape index (κ1) is 12.9. The molecule has 1 amide bonds. The molecule has 0 aliphatic heterocycles. The van der Waals surface area contributed by atoms with Crippen LogP contribution in [-0.2, 0) is 14.3 Å². The Balaban J connectivity index is 4.36. The molecule has 2 N–H and O–H groups in total. The third kappa shape index (κ3) is 3.74. The number of methoxy groups -OCH3 is 1. The summed E-state index contributed by atoms with van der Waals surface area (Å²) >= 11 is 0. The van der Waals surface area contributed by atoms with Crippen LogP contribution in [0.1, 0.15) is 20.3 Å². The van der Waals surface area contributed by atoms with Gasteiger partial charge in [0, 0.05) is 0 Å². The van der Waals surface area contributed by atoms with Crippen molar-refractivity contribution < 1.29 is 14.3 Å². The molecular formula is C9H18N2O3. The maximum Gasteiger partial charge on any atom is 0.319 e. The van der Waals surface area contributed by atoms with Gasteiger partial charge in [-0.1, -0.05) is 13.8 Å². The van der Waals surface area contributed by atoms with E-state index < -0.39 is 5.91 Å². The van der Waals surface area contributed by atoms with Gasteiger partial charge < -0.3 is 10.5 Å². The van der Waals surface area contributed by atoms with Gasteiger partial charge in [0.2, 0.25) is 5.91 Å². The van der Waals surface area contributed by atoms with Crippen molar-refractivity contribution in [3.05, 3.63) is 0 Å². The van der Waals surface area contributed by atoms with Crippen LogP contribution in [0.4, 0.5) is 0 Å². The Bertz CT molecular complexity index is 206. The molecule has 0 bridgehead atoms. The highest BCUT2D eigenvalue weighted by molar-refractivity contribution is 5.81. The summed E-state index contributed by atoms with van der Waals surface area (Å²) in [6.07, 6.45) is 0.597. The summed E-state index contributed by atoms with van der Waals surface area (Å²) in [4.78, 5) is 23.7. The molecule has 82 valence electrons. The number of primary amides is 1. The van der Waals surface area contributed by atoms with Crippen LogP contribution in [0.5, 0.6) is 0 Å². The number of nitrogens with two attached hydrogens (primary N) is 1. The van der Waals surface area contributed by atoms with Gasteiger partial charge >= 0.3 is 5.97 Å². The highest BCUT2D eigenvalue weighted by Crippen LogP contribution is 2.03. The zero-order valence-corrected chi connectivity index (χ0v) is 8.95. The standard InChI is InChI=1S/C9H18N2O3/c1-4-7(9(10)13)11(5-2)6-8(12)14-3/h7H,4-6H2,1-3H3,(H2,10,13). The first-order valence-corrected chi connectivity index (χ1v) is 4.66. The lowest BCUT2D eigenvalue weighted by atomic mass is 10.2. The molecule has 0 aliphatic carbocycles. The van der Waals surface area contributed by atoms with Gasteiger partial charge in [0.25, 0.3) is 0 Å². The van der Waals surface area contributed by atoms with Crippen molar-refractivity contribution in [2.45, 2.75) is 26.3 Å². The van der Waals surface area contributed by atoms with Crippen molar-refractivity contribution in [2.75, 3.05) is 20.2 Å². The number of hydrogen-bond donors (Lipinski definition) is 1. The lowest BCUT2D eigenvalue weighted by molar-refractivity contribution is -0.143. The SMILES string of the molecule is CCC(C(N)=O)N(CC)CC(=O)OC. The second-order valence-corrected chi connectivity index (χ2v) is 2.97. The minimum Gasteiger partial charge on any atom is -0.468 e. The maximum absolute atomic E-state index is 11.0. The van der Waals surface area contributed by atoms with Crippen molar-refractivity contribution in [1.82, 2.24) is 4.90 Å². The summed E-state index contributed by atoms with van der Waals surface area (Å²) in [6, 6.07) is -0.390. The van der Waals surface area contributed by atoms with Crippen molar-refractivity contribution in [1.29, 1.82) is 0 Å². The van der Waals surface area contributed by atoms with E-state index in [0.717, 1.165) is 0 Å². The van der Waals surface area contributed by atoms with Gasteiger partial charge in [-0.2, -0.15) is 0 Å². The highest BCUT2D eigenvalue weighted by Gasteiger charge is 2.22. The molecule has 0 radical (unpaired) electrons. The molecular weight excluding hydrogens is 184 g/mol. The zero-order valence-electron chi connectivity index (χ0n) is 8.95.